The Hall–Kier alpha value is -1.09. The van der Waals surface area contributed by atoms with Crippen LogP contribution in [0.5, 0.6) is 0 Å². The number of methoxy groups -OCH3 is 1. The second-order valence-corrected chi connectivity index (χ2v) is 7.39. The quantitative estimate of drug-likeness (QED) is 0.452. The average molecular weight is 303 g/mol. The third kappa shape index (κ3) is 2.54. The third-order valence-electron chi connectivity index (χ3n) is 6.29. The number of fused-ring (bicyclic) bond motifs is 1. The summed E-state index contributed by atoms with van der Waals surface area (Å²) in [6.07, 6.45) is 13.7. The van der Waals surface area contributed by atoms with Crippen molar-refractivity contribution >= 4 is 5.97 Å². The summed E-state index contributed by atoms with van der Waals surface area (Å²) in [5, 5.41) is 0. The van der Waals surface area contributed by atoms with Gasteiger partial charge in [0.25, 0.3) is 0 Å². The van der Waals surface area contributed by atoms with Crippen LogP contribution in [-0.4, -0.2) is 36.1 Å². The van der Waals surface area contributed by atoms with Crippen LogP contribution in [0.25, 0.3) is 0 Å². The normalized spacial score (nSPS) is 39.5. The lowest BCUT2D eigenvalue weighted by molar-refractivity contribution is -0.137. The van der Waals surface area contributed by atoms with Gasteiger partial charge in [-0.2, -0.15) is 0 Å². The minimum atomic E-state index is -0.255. The van der Waals surface area contributed by atoms with E-state index in [2.05, 4.69) is 30.6 Å². The monoisotopic (exact) mass is 303 g/mol. The summed E-state index contributed by atoms with van der Waals surface area (Å²) in [5.41, 5.74) is 0.890. The maximum Gasteiger partial charge on any atom is 0.334 e. The van der Waals surface area contributed by atoms with Crippen molar-refractivity contribution in [3.63, 3.8) is 0 Å². The summed E-state index contributed by atoms with van der Waals surface area (Å²) in [6, 6.07) is 0.555. The smallest absolute Gasteiger partial charge is 0.334 e. The molecule has 1 saturated carbocycles. The van der Waals surface area contributed by atoms with Gasteiger partial charge in [-0.3, -0.25) is 4.90 Å². The predicted octanol–water partition coefficient (Wildman–Crippen LogP) is 3.71. The first-order valence-corrected chi connectivity index (χ1v) is 8.78. The van der Waals surface area contributed by atoms with E-state index in [-0.39, 0.29) is 11.5 Å². The van der Waals surface area contributed by atoms with E-state index >= 15 is 0 Å². The fourth-order valence-corrected chi connectivity index (χ4v) is 5.34. The molecule has 3 rings (SSSR count). The molecule has 3 nitrogen and oxygen atoms in total. The fourth-order valence-electron chi connectivity index (χ4n) is 5.34. The van der Waals surface area contributed by atoms with Crippen molar-refractivity contribution in [2.45, 2.75) is 63.5 Å². The van der Waals surface area contributed by atoms with Crippen LogP contribution in [0, 0.1) is 11.8 Å². The van der Waals surface area contributed by atoms with Crippen LogP contribution in [0.3, 0.4) is 0 Å². The second kappa shape index (κ2) is 6.19. The Balaban J connectivity index is 1.93. The first-order valence-electron chi connectivity index (χ1n) is 8.78. The van der Waals surface area contributed by atoms with Crippen LogP contribution in [-0.2, 0) is 9.53 Å². The minimum absolute atomic E-state index is 0.255. The zero-order chi connectivity index (χ0) is 15.7. The molecule has 0 aromatic heterocycles. The number of hydrogen-bond donors (Lipinski definition) is 0. The van der Waals surface area contributed by atoms with Crippen molar-refractivity contribution in [2.75, 3.05) is 13.7 Å². The molecule has 2 bridgehead atoms. The van der Waals surface area contributed by atoms with Crippen molar-refractivity contribution < 1.29 is 9.53 Å². The van der Waals surface area contributed by atoms with E-state index in [0.29, 0.717) is 24.1 Å². The molecule has 0 unspecified atom stereocenters. The molecular weight excluding hydrogens is 274 g/mol. The standard InChI is InChI=1S/C19H29NO2/c1-14-7-4-8-16-9-5-11-19(12-6-10-17(14)19)20(16)13-15(2)18(21)22-3/h4,7,14,16-17H,2,5-6,8-13H2,1,3H3/b7-4-/t14-,16-,17+,19+/m0/s1. The minimum Gasteiger partial charge on any atom is -0.466 e. The number of esters is 1. The molecule has 2 aliphatic heterocycles. The van der Waals surface area contributed by atoms with Gasteiger partial charge in [0.15, 0.2) is 0 Å². The topological polar surface area (TPSA) is 29.5 Å². The molecule has 4 atom stereocenters. The number of hydrogen-bond acceptors (Lipinski definition) is 3. The van der Waals surface area contributed by atoms with E-state index in [9.17, 15) is 4.79 Å². The van der Waals surface area contributed by atoms with Crippen LogP contribution in [0.2, 0.25) is 0 Å². The first-order chi connectivity index (χ1) is 10.6. The Bertz CT molecular complexity index is 484. The predicted molar refractivity (Wildman–Crippen MR) is 88.5 cm³/mol. The molecule has 3 heteroatoms. The lowest BCUT2D eigenvalue weighted by Crippen LogP contribution is -2.60. The van der Waals surface area contributed by atoms with Gasteiger partial charge in [0.05, 0.1) is 7.11 Å². The maximum atomic E-state index is 11.9. The number of rotatable bonds is 3. The van der Waals surface area contributed by atoms with Gasteiger partial charge in [0.2, 0.25) is 0 Å². The van der Waals surface area contributed by atoms with E-state index in [0.717, 1.165) is 12.3 Å². The van der Waals surface area contributed by atoms with Crippen LogP contribution in [0.15, 0.2) is 24.3 Å². The molecule has 22 heavy (non-hydrogen) atoms. The second-order valence-electron chi connectivity index (χ2n) is 7.39. The van der Waals surface area contributed by atoms with Crippen molar-refractivity contribution in [1.29, 1.82) is 0 Å². The van der Waals surface area contributed by atoms with E-state index < -0.39 is 0 Å². The SMILES string of the molecule is C=C(CN1[C@H]2C/C=C\[C@H](C)[C@H]3CCC[C@]31CCC2)C(=O)OC. The van der Waals surface area contributed by atoms with Gasteiger partial charge in [-0.05, 0) is 43.9 Å². The van der Waals surface area contributed by atoms with E-state index in [1.165, 1.54) is 45.6 Å². The molecule has 0 amide bonds. The van der Waals surface area contributed by atoms with Gasteiger partial charge in [-0.25, -0.2) is 4.79 Å². The number of piperidine rings is 1. The molecule has 122 valence electrons. The molecule has 1 spiro atoms. The van der Waals surface area contributed by atoms with Crippen LogP contribution in [0.1, 0.15) is 51.9 Å². The Morgan fingerprint density at radius 2 is 2.09 bits per heavy atom. The van der Waals surface area contributed by atoms with Crippen LogP contribution < -0.4 is 0 Å². The average Bonchev–Trinajstić information content (AvgIpc) is 2.93. The number of allylic oxidation sites excluding steroid dienone is 1. The Labute approximate surface area is 134 Å². The molecule has 3 aliphatic rings. The van der Waals surface area contributed by atoms with Gasteiger partial charge >= 0.3 is 5.97 Å². The zero-order valence-corrected chi connectivity index (χ0v) is 14.0. The van der Waals surface area contributed by atoms with Gasteiger partial charge < -0.3 is 4.74 Å². The Morgan fingerprint density at radius 3 is 2.82 bits per heavy atom. The van der Waals surface area contributed by atoms with Gasteiger partial charge in [0.1, 0.15) is 0 Å². The number of carbonyl (C=O) groups is 1. The van der Waals surface area contributed by atoms with E-state index in [4.69, 9.17) is 4.74 Å². The third-order valence-corrected chi connectivity index (χ3v) is 6.29. The van der Waals surface area contributed by atoms with E-state index in [1.54, 1.807) is 0 Å². The summed E-state index contributed by atoms with van der Waals surface area (Å²) in [5.74, 6) is 1.10. The highest BCUT2D eigenvalue weighted by molar-refractivity contribution is 5.88. The highest BCUT2D eigenvalue weighted by Crippen LogP contribution is 2.52. The van der Waals surface area contributed by atoms with Crippen molar-refractivity contribution in [2.24, 2.45) is 11.8 Å². The van der Waals surface area contributed by atoms with Gasteiger partial charge in [0, 0.05) is 23.7 Å². The van der Waals surface area contributed by atoms with Crippen molar-refractivity contribution in [1.82, 2.24) is 4.90 Å². The zero-order valence-electron chi connectivity index (χ0n) is 14.0. The van der Waals surface area contributed by atoms with Gasteiger partial charge in [-0.1, -0.05) is 38.5 Å². The summed E-state index contributed by atoms with van der Waals surface area (Å²) in [4.78, 5) is 14.5. The molecule has 2 fully saturated rings. The van der Waals surface area contributed by atoms with Gasteiger partial charge in [-0.15, -0.1) is 0 Å². The highest BCUT2D eigenvalue weighted by atomic mass is 16.5. The Morgan fingerprint density at radius 1 is 1.36 bits per heavy atom. The molecule has 0 aromatic rings. The molecule has 0 aromatic carbocycles. The van der Waals surface area contributed by atoms with Crippen molar-refractivity contribution in [3.8, 4) is 0 Å². The highest BCUT2D eigenvalue weighted by Gasteiger charge is 2.52. The maximum absolute atomic E-state index is 11.9. The molecule has 0 radical (unpaired) electrons. The number of carbonyl (C=O) groups excluding carboxylic acids is 1. The lowest BCUT2D eigenvalue weighted by atomic mass is 9.69. The molecule has 1 aliphatic carbocycles. The van der Waals surface area contributed by atoms with Crippen molar-refractivity contribution in [3.05, 3.63) is 24.3 Å². The number of ether oxygens (including phenoxy) is 1. The van der Waals surface area contributed by atoms with Crippen LogP contribution >= 0.6 is 0 Å². The largest absolute Gasteiger partial charge is 0.466 e. The first kappa shape index (κ1) is 15.8. The summed E-state index contributed by atoms with van der Waals surface area (Å²) in [7, 11) is 1.45. The van der Waals surface area contributed by atoms with E-state index in [1.807, 2.05) is 0 Å². The lowest BCUT2D eigenvalue weighted by Gasteiger charge is -2.55. The fraction of sp³-hybridized carbons (Fsp3) is 0.737. The molecule has 1 saturated heterocycles. The van der Waals surface area contributed by atoms with Crippen LogP contribution in [0.4, 0.5) is 0 Å². The summed E-state index contributed by atoms with van der Waals surface area (Å²) < 4.78 is 4.88. The molecule has 2 heterocycles. The Kier molecular flexibility index (Phi) is 4.44. The molecular formula is C19H29NO2. The summed E-state index contributed by atoms with van der Waals surface area (Å²) >= 11 is 0. The number of nitrogens with zero attached hydrogens (tertiary/aromatic N) is 1. The molecule has 0 N–H and O–H groups in total. The summed E-state index contributed by atoms with van der Waals surface area (Å²) in [6.45, 7) is 7.04.